The Morgan fingerprint density at radius 3 is 2.58 bits per heavy atom. The molecule has 1 aromatic carbocycles. The van der Waals surface area contributed by atoms with Gasteiger partial charge in [-0.3, -0.25) is 4.57 Å². The van der Waals surface area contributed by atoms with Gasteiger partial charge in [-0.2, -0.15) is 0 Å². The highest BCUT2D eigenvalue weighted by Crippen LogP contribution is 2.24. The predicted octanol–water partition coefficient (Wildman–Crippen LogP) is 2.43. The Kier molecular flexibility index (Phi) is 2.52. The predicted molar refractivity (Wildman–Crippen MR) is 70.6 cm³/mol. The average molecular weight is 253 g/mol. The summed E-state index contributed by atoms with van der Waals surface area (Å²) in [6.07, 6.45) is 4.89. The van der Waals surface area contributed by atoms with Gasteiger partial charge in [0.05, 0.1) is 5.56 Å². The van der Waals surface area contributed by atoms with Crippen LogP contribution < -0.4 is 0 Å². The molecule has 3 rings (SSSR count). The van der Waals surface area contributed by atoms with Gasteiger partial charge in [0.25, 0.3) is 0 Å². The molecule has 5 heteroatoms. The maximum absolute atomic E-state index is 11.2. The number of hydrogen-bond acceptors (Lipinski definition) is 3. The van der Waals surface area contributed by atoms with Gasteiger partial charge < -0.3 is 5.11 Å². The van der Waals surface area contributed by atoms with Crippen molar-refractivity contribution in [3.05, 3.63) is 54.2 Å². The smallest absolute Gasteiger partial charge is 0.337 e. The Balaban J connectivity index is 2.38. The molecule has 19 heavy (non-hydrogen) atoms. The molecular formula is C14H11N3O2. The fourth-order valence-electron chi connectivity index (χ4n) is 2.14. The van der Waals surface area contributed by atoms with E-state index in [2.05, 4.69) is 9.97 Å². The maximum atomic E-state index is 11.2. The number of carboxylic acid groups (broad SMARTS) is 1. The molecule has 2 aromatic heterocycles. The monoisotopic (exact) mass is 253 g/mol. The molecule has 0 aliphatic carbocycles. The molecule has 0 radical (unpaired) electrons. The molecule has 0 saturated carbocycles. The minimum absolute atomic E-state index is 0.206. The summed E-state index contributed by atoms with van der Waals surface area (Å²) in [7, 11) is 0. The average Bonchev–Trinajstić information content (AvgIpc) is 2.83. The van der Waals surface area contributed by atoms with Crippen molar-refractivity contribution in [2.45, 2.75) is 6.92 Å². The van der Waals surface area contributed by atoms with Gasteiger partial charge in [0.2, 0.25) is 0 Å². The van der Waals surface area contributed by atoms with Gasteiger partial charge in [-0.25, -0.2) is 14.8 Å². The SMILES string of the molecule is Cc1nccn1-c1ncc(C(=O)O)c2ccccc12. The molecule has 0 amide bonds. The second kappa shape index (κ2) is 4.20. The van der Waals surface area contributed by atoms with E-state index in [4.69, 9.17) is 0 Å². The summed E-state index contributed by atoms with van der Waals surface area (Å²) in [6.45, 7) is 1.88. The summed E-state index contributed by atoms with van der Waals surface area (Å²) < 4.78 is 1.84. The quantitative estimate of drug-likeness (QED) is 0.761. The number of aromatic carboxylic acids is 1. The Hall–Kier alpha value is -2.69. The van der Waals surface area contributed by atoms with E-state index in [1.165, 1.54) is 6.20 Å². The van der Waals surface area contributed by atoms with Crippen LogP contribution in [0.4, 0.5) is 0 Å². The van der Waals surface area contributed by atoms with Crippen LogP contribution in [0.5, 0.6) is 0 Å². The zero-order valence-electron chi connectivity index (χ0n) is 10.2. The Morgan fingerprint density at radius 1 is 1.21 bits per heavy atom. The number of aryl methyl sites for hydroxylation is 1. The number of rotatable bonds is 2. The number of carboxylic acids is 1. The van der Waals surface area contributed by atoms with Gasteiger partial charge in [-0.05, 0) is 6.92 Å². The van der Waals surface area contributed by atoms with E-state index >= 15 is 0 Å². The number of fused-ring (bicyclic) bond motifs is 1. The van der Waals surface area contributed by atoms with Crippen molar-refractivity contribution in [3.8, 4) is 5.82 Å². The van der Waals surface area contributed by atoms with E-state index in [0.29, 0.717) is 11.2 Å². The molecule has 94 valence electrons. The molecule has 0 atom stereocenters. The van der Waals surface area contributed by atoms with Crippen molar-refractivity contribution in [1.29, 1.82) is 0 Å². The molecule has 0 bridgehead atoms. The van der Waals surface area contributed by atoms with Gasteiger partial charge in [0.15, 0.2) is 0 Å². The van der Waals surface area contributed by atoms with Crippen LogP contribution in [0, 0.1) is 6.92 Å². The number of carbonyl (C=O) groups is 1. The fourth-order valence-corrected chi connectivity index (χ4v) is 2.14. The van der Waals surface area contributed by atoms with Crippen LogP contribution in [0.2, 0.25) is 0 Å². The first-order valence-corrected chi connectivity index (χ1v) is 5.80. The van der Waals surface area contributed by atoms with Crippen LogP contribution >= 0.6 is 0 Å². The lowest BCUT2D eigenvalue weighted by Gasteiger charge is -2.09. The molecule has 0 aliphatic rings. The van der Waals surface area contributed by atoms with Gasteiger partial charge in [-0.1, -0.05) is 24.3 Å². The van der Waals surface area contributed by atoms with Gasteiger partial charge in [0.1, 0.15) is 11.6 Å². The third-order valence-electron chi connectivity index (χ3n) is 3.06. The summed E-state index contributed by atoms with van der Waals surface area (Å²) >= 11 is 0. The number of hydrogen-bond donors (Lipinski definition) is 1. The molecule has 1 N–H and O–H groups in total. The summed E-state index contributed by atoms with van der Waals surface area (Å²) in [5.74, 6) is 0.522. The number of imidazole rings is 1. The van der Waals surface area contributed by atoms with Crippen LogP contribution in [-0.2, 0) is 0 Å². The van der Waals surface area contributed by atoms with Crippen molar-refractivity contribution in [2.75, 3.05) is 0 Å². The molecule has 0 fully saturated rings. The van der Waals surface area contributed by atoms with E-state index in [0.717, 1.165) is 11.2 Å². The Morgan fingerprint density at radius 2 is 1.95 bits per heavy atom. The molecule has 5 nitrogen and oxygen atoms in total. The minimum atomic E-state index is -0.974. The van der Waals surface area contributed by atoms with Crippen LogP contribution in [0.3, 0.4) is 0 Å². The molecule has 0 unspecified atom stereocenters. The first-order valence-electron chi connectivity index (χ1n) is 5.80. The van der Waals surface area contributed by atoms with E-state index in [1.54, 1.807) is 12.3 Å². The lowest BCUT2D eigenvalue weighted by atomic mass is 10.1. The normalized spacial score (nSPS) is 10.8. The molecular weight excluding hydrogens is 242 g/mol. The van der Waals surface area contributed by atoms with Gasteiger partial charge >= 0.3 is 5.97 Å². The number of benzene rings is 1. The summed E-state index contributed by atoms with van der Waals surface area (Å²) in [6, 6.07) is 7.34. The second-order valence-corrected chi connectivity index (χ2v) is 4.19. The molecule has 0 aliphatic heterocycles. The molecule has 3 aromatic rings. The highest BCUT2D eigenvalue weighted by Gasteiger charge is 2.13. The molecule has 2 heterocycles. The van der Waals surface area contributed by atoms with Crippen molar-refractivity contribution < 1.29 is 9.90 Å². The highest BCUT2D eigenvalue weighted by molar-refractivity contribution is 6.05. The molecule has 0 spiro atoms. The topological polar surface area (TPSA) is 68.0 Å². The first-order chi connectivity index (χ1) is 9.18. The maximum Gasteiger partial charge on any atom is 0.337 e. The Labute approximate surface area is 109 Å². The van der Waals surface area contributed by atoms with E-state index in [-0.39, 0.29) is 5.56 Å². The van der Waals surface area contributed by atoms with Crippen LogP contribution in [0.25, 0.3) is 16.6 Å². The standard InChI is InChI=1S/C14H11N3O2/c1-9-15-6-7-17(9)13-11-5-3-2-4-10(11)12(8-16-13)14(18)19/h2-8H,1H3,(H,18,19). The van der Waals surface area contributed by atoms with Crippen molar-refractivity contribution in [3.63, 3.8) is 0 Å². The lowest BCUT2D eigenvalue weighted by molar-refractivity contribution is 0.0698. The fraction of sp³-hybridized carbons (Fsp3) is 0.0714. The van der Waals surface area contributed by atoms with Gasteiger partial charge in [-0.15, -0.1) is 0 Å². The molecule has 0 saturated heterocycles. The highest BCUT2D eigenvalue weighted by atomic mass is 16.4. The lowest BCUT2D eigenvalue weighted by Crippen LogP contribution is -2.04. The van der Waals surface area contributed by atoms with Crippen LogP contribution in [0.1, 0.15) is 16.2 Å². The third-order valence-corrected chi connectivity index (χ3v) is 3.06. The van der Waals surface area contributed by atoms with Crippen LogP contribution in [0.15, 0.2) is 42.9 Å². The summed E-state index contributed by atoms with van der Waals surface area (Å²) in [4.78, 5) is 19.7. The first kappa shape index (κ1) is 11.4. The van der Waals surface area contributed by atoms with Crippen molar-refractivity contribution >= 4 is 16.7 Å². The second-order valence-electron chi connectivity index (χ2n) is 4.19. The number of aromatic nitrogens is 3. The van der Waals surface area contributed by atoms with E-state index in [9.17, 15) is 9.90 Å². The van der Waals surface area contributed by atoms with E-state index < -0.39 is 5.97 Å². The van der Waals surface area contributed by atoms with Crippen LogP contribution in [-0.4, -0.2) is 25.6 Å². The number of pyridine rings is 1. The number of nitrogens with zero attached hydrogens (tertiary/aromatic N) is 3. The largest absolute Gasteiger partial charge is 0.478 e. The van der Waals surface area contributed by atoms with E-state index in [1.807, 2.05) is 35.9 Å². The summed E-state index contributed by atoms with van der Waals surface area (Å²) in [5, 5.41) is 10.7. The minimum Gasteiger partial charge on any atom is -0.478 e. The summed E-state index contributed by atoms with van der Waals surface area (Å²) in [5.41, 5.74) is 0.206. The zero-order chi connectivity index (χ0) is 13.4. The van der Waals surface area contributed by atoms with Crippen molar-refractivity contribution in [1.82, 2.24) is 14.5 Å². The Bertz CT molecular complexity index is 777. The van der Waals surface area contributed by atoms with Crippen molar-refractivity contribution in [2.24, 2.45) is 0 Å². The zero-order valence-corrected chi connectivity index (χ0v) is 10.2. The van der Waals surface area contributed by atoms with Gasteiger partial charge in [0, 0.05) is 29.4 Å². The third kappa shape index (κ3) is 1.76.